The fourth-order valence-electron chi connectivity index (χ4n) is 2.45. The van der Waals surface area contributed by atoms with Crippen molar-refractivity contribution in [1.29, 1.82) is 5.26 Å². The molecule has 0 aliphatic carbocycles. The van der Waals surface area contributed by atoms with Gasteiger partial charge in [0, 0.05) is 6.20 Å². The van der Waals surface area contributed by atoms with Gasteiger partial charge in [0.2, 0.25) is 0 Å². The van der Waals surface area contributed by atoms with Crippen LogP contribution in [0.1, 0.15) is 16.1 Å². The lowest BCUT2D eigenvalue weighted by Crippen LogP contribution is -2.26. The van der Waals surface area contributed by atoms with Crippen molar-refractivity contribution in [3.63, 3.8) is 0 Å². The summed E-state index contributed by atoms with van der Waals surface area (Å²) in [6, 6.07) is 15.0. The van der Waals surface area contributed by atoms with Gasteiger partial charge in [0.25, 0.3) is 5.91 Å². The monoisotopic (exact) mass is 395 g/mol. The van der Waals surface area contributed by atoms with Crippen molar-refractivity contribution >= 4 is 5.91 Å². The maximum absolute atomic E-state index is 13.8. The predicted octanol–water partition coefficient (Wildman–Crippen LogP) is 3.64. The summed E-state index contributed by atoms with van der Waals surface area (Å²) in [6.45, 7) is -0.102. The van der Waals surface area contributed by atoms with Crippen molar-refractivity contribution in [3.05, 3.63) is 83.7 Å². The SMILES string of the molecule is N#Cc1cccc(OCCONC(=O)c2cc(-c3ccc(F)cc3)ccn2)c1F. The summed E-state index contributed by atoms with van der Waals surface area (Å²) < 4.78 is 32.1. The average molecular weight is 395 g/mol. The zero-order chi connectivity index (χ0) is 20.6. The molecule has 0 saturated carbocycles. The number of hydrogen-bond donors (Lipinski definition) is 1. The van der Waals surface area contributed by atoms with Crippen LogP contribution in [0.2, 0.25) is 0 Å². The first-order valence-corrected chi connectivity index (χ1v) is 8.54. The number of nitrogens with one attached hydrogen (secondary N) is 1. The summed E-state index contributed by atoms with van der Waals surface area (Å²) >= 11 is 0. The van der Waals surface area contributed by atoms with Gasteiger partial charge in [-0.25, -0.2) is 14.3 Å². The number of hydroxylamine groups is 1. The highest BCUT2D eigenvalue weighted by Crippen LogP contribution is 2.20. The maximum Gasteiger partial charge on any atom is 0.293 e. The van der Waals surface area contributed by atoms with E-state index in [0.717, 1.165) is 5.56 Å². The highest BCUT2D eigenvalue weighted by atomic mass is 19.1. The summed E-state index contributed by atoms with van der Waals surface area (Å²) in [5.74, 6) is -1.75. The Morgan fingerprint density at radius 2 is 1.86 bits per heavy atom. The van der Waals surface area contributed by atoms with Crippen molar-refractivity contribution in [3.8, 4) is 22.9 Å². The van der Waals surface area contributed by atoms with Crippen LogP contribution >= 0.6 is 0 Å². The van der Waals surface area contributed by atoms with Crippen LogP contribution in [-0.2, 0) is 4.84 Å². The van der Waals surface area contributed by atoms with Crippen molar-refractivity contribution < 1.29 is 23.1 Å². The van der Waals surface area contributed by atoms with Gasteiger partial charge in [-0.05, 0) is 47.5 Å². The summed E-state index contributed by atoms with van der Waals surface area (Å²) in [5.41, 5.74) is 3.64. The lowest BCUT2D eigenvalue weighted by atomic mass is 10.1. The van der Waals surface area contributed by atoms with Crippen LogP contribution in [0.15, 0.2) is 60.8 Å². The Kier molecular flexibility index (Phi) is 6.45. The number of rotatable bonds is 7. The van der Waals surface area contributed by atoms with Gasteiger partial charge < -0.3 is 4.74 Å². The van der Waals surface area contributed by atoms with Gasteiger partial charge in [-0.3, -0.25) is 14.6 Å². The fraction of sp³-hybridized carbons (Fsp3) is 0.0952. The second kappa shape index (κ2) is 9.39. The fourth-order valence-corrected chi connectivity index (χ4v) is 2.45. The van der Waals surface area contributed by atoms with Crippen molar-refractivity contribution in [1.82, 2.24) is 10.5 Å². The highest BCUT2D eigenvalue weighted by Gasteiger charge is 2.10. The first-order valence-electron chi connectivity index (χ1n) is 8.54. The van der Waals surface area contributed by atoms with Crippen LogP contribution in [-0.4, -0.2) is 24.1 Å². The molecular weight excluding hydrogens is 380 g/mol. The van der Waals surface area contributed by atoms with Gasteiger partial charge in [0.15, 0.2) is 11.6 Å². The Morgan fingerprint density at radius 1 is 1.07 bits per heavy atom. The third-order valence-electron chi connectivity index (χ3n) is 3.86. The number of halogens is 2. The third kappa shape index (κ3) is 5.12. The van der Waals surface area contributed by atoms with E-state index in [1.807, 2.05) is 0 Å². The molecule has 0 fully saturated rings. The molecule has 0 aliphatic heterocycles. The minimum Gasteiger partial charge on any atom is -0.488 e. The van der Waals surface area contributed by atoms with Gasteiger partial charge in [-0.15, -0.1) is 0 Å². The summed E-state index contributed by atoms with van der Waals surface area (Å²) in [7, 11) is 0. The molecule has 3 rings (SSSR count). The minimum absolute atomic E-state index is 0.0465. The lowest BCUT2D eigenvalue weighted by Gasteiger charge is -2.09. The van der Waals surface area contributed by atoms with Gasteiger partial charge in [-0.2, -0.15) is 5.26 Å². The Morgan fingerprint density at radius 3 is 2.62 bits per heavy atom. The molecule has 8 heteroatoms. The molecule has 3 aromatic rings. The number of hydrogen-bond acceptors (Lipinski definition) is 5. The van der Waals surface area contributed by atoms with Gasteiger partial charge in [-0.1, -0.05) is 18.2 Å². The van der Waals surface area contributed by atoms with E-state index in [0.29, 0.717) is 5.56 Å². The van der Waals surface area contributed by atoms with E-state index >= 15 is 0 Å². The molecule has 6 nitrogen and oxygen atoms in total. The van der Waals surface area contributed by atoms with E-state index in [1.165, 1.54) is 36.5 Å². The number of benzene rings is 2. The van der Waals surface area contributed by atoms with Gasteiger partial charge in [0.1, 0.15) is 30.8 Å². The van der Waals surface area contributed by atoms with E-state index in [4.69, 9.17) is 14.8 Å². The first kappa shape index (κ1) is 19.9. The second-order valence-electron chi connectivity index (χ2n) is 5.79. The lowest BCUT2D eigenvalue weighted by molar-refractivity contribution is 0.0192. The van der Waals surface area contributed by atoms with Gasteiger partial charge >= 0.3 is 0 Å². The number of nitrogens with zero attached hydrogens (tertiary/aromatic N) is 2. The Labute approximate surface area is 165 Å². The maximum atomic E-state index is 13.8. The number of amides is 1. The zero-order valence-electron chi connectivity index (χ0n) is 15.1. The Balaban J connectivity index is 1.51. The average Bonchev–Trinajstić information content (AvgIpc) is 2.75. The van der Waals surface area contributed by atoms with Crippen molar-refractivity contribution in [2.75, 3.05) is 13.2 Å². The van der Waals surface area contributed by atoms with E-state index in [9.17, 15) is 13.6 Å². The largest absolute Gasteiger partial charge is 0.488 e. The molecule has 0 unspecified atom stereocenters. The molecule has 0 spiro atoms. The molecule has 0 bridgehead atoms. The molecule has 0 aliphatic rings. The number of carbonyl (C=O) groups excluding carboxylic acids is 1. The quantitative estimate of drug-likeness (QED) is 0.488. The first-order chi connectivity index (χ1) is 14.1. The van der Waals surface area contributed by atoms with E-state index in [-0.39, 0.29) is 36.0 Å². The molecule has 146 valence electrons. The summed E-state index contributed by atoms with van der Waals surface area (Å²) in [5, 5.41) is 8.79. The van der Waals surface area contributed by atoms with E-state index < -0.39 is 11.7 Å². The number of carbonyl (C=O) groups is 1. The highest BCUT2D eigenvalue weighted by molar-refractivity contribution is 5.92. The van der Waals surface area contributed by atoms with Gasteiger partial charge in [0.05, 0.1) is 5.56 Å². The van der Waals surface area contributed by atoms with Crippen LogP contribution in [0.25, 0.3) is 11.1 Å². The molecule has 2 aromatic carbocycles. The normalized spacial score (nSPS) is 10.2. The zero-order valence-corrected chi connectivity index (χ0v) is 15.1. The molecular formula is C21H15F2N3O3. The molecule has 0 atom stereocenters. The smallest absolute Gasteiger partial charge is 0.293 e. The molecule has 1 aromatic heterocycles. The molecule has 1 N–H and O–H groups in total. The molecule has 0 saturated heterocycles. The Hall–Kier alpha value is -3.83. The van der Waals surface area contributed by atoms with Crippen LogP contribution < -0.4 is 10.2 Å². The van der Waals surface area contributed by atoms with E-state index in [1.54, 1.807) is 30.3 Å². The topological polar surface area (TPSA) is 84.2 Å². The number of pyridine rings is 1. The van der Waals surface area contributed by atoms with Crippen LogP contribution in [0.4, 0.5) is 8.78 Å². The van der Waals surface area contributed by atoms with Crippen molar-refractivity contribution in [2.24, 2.45) is 0 Å². The number of aromatic nitrogens is 1. The van der Waals surface area contributed by atoms with Crippen molar-refractivity contribution in [2.45, 2.75) is 0 Å². The summed E-state index contributed by atoms with van der Waals surface area (Å²) in [4.78, 5) is 21.2. The third-order valence-corrected chi connectivity index (χ3v) is 3.86. The standard InChI is InChI=1S/C21H15F2N3O3/c22-17-6-4-14(5-7-17)15-8-9-25-18(12-15)21(27)26-29-11-10-28-19-3-1-2-16(13-24)20(19)23/h1-9,12H,10-11H2,(H,26,27). The second-order valence-corrected chi connectivity index (χ2v) is 5.79. The molecule has 0 radical (unpaired) electrons. The number of nitriles is 1. The predicted molar refractivity (Wildman–Crippen MR) is 99.7 cm³/mol. The minimum atomic E-state index is -0.749. The van der Waals surface area contributed by atoms with E-state index in [2.05, 4.69) is 10.5 Å². The molecule has 1 amide bonds. The summed E-state index contributed by atoms with van der Waals surface area (Å²) in [6.07, 6.45) is 1.46. The Bertz CT molecular complexity index is 1050. The molecule has 1 heterocycles. The van der Waals surface area contributed by atoms with Crippen LogP contribution in [0, 0.1) is 23.0 Å². The molecule has 29 heavy (non-hydrogen) atoms. The number of ether oxygens (including phenoxy) is 1. The van der Waals surface area contributed by atoms with Crippen LogP contribution in [0.3, 0.4) is 0 Å². The van der Waals surface area contributed by atoms with Crippen LogP contribution in [0.5, 0.6) is 5.75 Å².